The molecule has 0 aliphatic rings. The number of nitrogens with two attached hydrogens (primary N) is 1. The number of hydrogen-bond acceptors (Lipinski definition) is 2. The van der Waals surface area contributed by atoms with Crippen molar-refractivity contribution in [2.45, 2.75) is 13.0 Å². The molecule has 0 aromatic carbocycles. The summed E-state index contributed by atoms with van der Waals surface area (Å²) < 4.78 is 37.5. The number of hydrogen-bond donors (Lipinski definition) is 1. The molecule has 1 rings (SSSR count). The molecule has 6 heteroatoms. The highest BCUT2D eigenvalue weighted by atomic mass is 127. The van der Waals surface area contributed by atoms with Crippen molar-refractivity contribution in [3.63, 3.8) is 0 Å². The molecule has 0 spiro atoms. The molecule has 2 nitrogen and oxygen atoms in total. The van der Waals surface area contributed by atoms with Crippen molar-refractivity contribution in [3.8, 4) is 0 Å². The summed E-state index contributed by atoms with van der Waals surface area (Å²) in [7, 11) is 0. The Morgan fingerprint density at radius 2 is 2.15 bits per heavy atom. The van der Waals surface area contributed by atoms with E-state index >= 15 is 0 Å². The van der Waals surface area contributed by atoms with Crippen molar-refractivity contribution < 1.29 is 13.2 Å². The van der Waals surface area contributed by atoms with Gasteiger partial charge in [0.1, 0.15) is 5.69 Å². The van der Waals surface area contributed by atoms with Gasteiger partial charge >= 0.3 is 0 Å². The van der Waals surface area contributed by atoms with Crippen molar-refractivity contribution in [2.75, 3.05) is 0 Å². The Morgan fingerprint density at radius 1 is 1.54 bits per heavy atom. The van der Waals surface area contributed by atoms with Crippen molar-refractivity contribution in [3.05, 3.63) is 26.8 Å². The maximum absolute atomic E-state index is 12.8. The smallest absolute Gasteiger partial charge is 0.280 e. The standard InChI is InChI=1S/C7H6F3IN2/c8-4-2-13-6(7(9)10)3(1-12)5(4)11/h2,7H,1,12H2. The molecule has 0 saturated heterocycles. The highest BCUT2D eigenvalue weighted by Crippen LogP contribution is 2.25. The van der Waals surface area contributed by atoms with E-state index in [1.165, 1.54) is 0 Å². The van der Waals surface area contributed by atoms with Gasteiger partial charge in [0.15, 0.2) is 5.82 Å². The molecule has 0 amide bonds. The maximum Gasteiger partial charge on any atom is 0.280 e. The number of rotatable bonds is 2. The second-order valence-corrected chi connectivity index (χ2v) is 3.37. The van der Waals surface area contributed by atoms with Crippen LogP contribution in [-0.2, 0) is 6.54 Å². The molecule has 1 heterocycles. The molecule has 1 aromatic rings. The zero-order valence-electron chi connectivity index (χ0n) is 6.40. The lowest BCUT2D eigenvalue weighted by molar-refractivity contribution is 0.144. The lowest BCUT2D eigenvalue weighted by atomic mass is 10.2. The van der Waals surface area contributed by atoms with E-state index in [0.29, 0.717) is 0 Å². The Labute approximate surface area is 86.5 Å². The fourth-order valence-electron chi connectivity index (χ4n) is 0.900. The Kier molecular flexibility index (Phi) is 3.48. The second kappa shape index (κ2) is 4.23. The number of halogens is 4. The minimum absolute atomic E-state index is 0.0793. The van der Waals surface area contributed by atoms with Gasteiger partial charge in [-0.1, -0.05) is 0 Å². The summed E-state index contributed by atoms with van der Waals surface area (Å²) >= 11 is 1.64. The quantitative estimate of drug-likeness (QED) is 0.851. The van der Waals surface area contributed by atoms with Crippen LogP contribution in [0, 0.1) is 9.39 Å². The van der Waals surface area contributed by atoms with Crippen LogP contribution in [0.4, 0.5) is 13.2 Å². The fourth-order valence-corrected chi connectivity index (χ4v) is 1.54. The topological polar surface area (TPSA) is 38.9 Å². The highest BCUT2D eigenvalue weighted by Gasteiger charge is 2.18. The lowest BCUT2D eigenvalue weighted by Gasteiger charge is -2.07. The predicted molar refractivity (Wildman–Crippen MR) is 49.8 cm³/mol. The molecule has 0 aliphatic carbocycles. The minimum Gasteiger partial charge on any atom is -0.326 e. The summed E-state index contributed by atoms with van der Waals surface area (Å²) in [5.74, 6) is -0.620. The van der Waals surface area contributed by atoms with Crippen LogP contribution in [-0.4, -0.2) is 4.98 Å². The summed E-state index contributed by atoms with van der Waals surface area (Å²) in [5, 5.41) is 0. The third kappa shape index (κ3) is 2.11. The van der Waals surface area contributed by atoms with Gasteiger partial charge in [-0.2, -0.15) is 0 Å². The Bertz CT molecular complexity index is 317. The molecule has 0 bridgehead atoms. The van der Waals surface area contributed by atoms with Gasteiger partial charge in [-0.15, -0.1) is 0 Å². The van der Waals surface area contributed by atoms with Gasteiger partial charge in [-0.05, 0) is 22.6 Å². The van der Waals surface area contributed by atoms with Gasteiger partial charge in [0.05, 0.1) is 9.77 Å². The molecule has 0 aliphatic heterocycles. The number of alkyl halides is 2. The van der Waals surface area contributed by atoms with Gasteiger partial charge in [0.25, 0.3) is 6.43 Å². The summed E-state index contributed by atoms with van der Waals surface area (Å²) in [6, 6.07) is 0. The summed E-state index contributed by atoms with van der Waals surface area (Å²) in [4.78, 5) is 3.30. The van der Waals surface area contributed by atoms with E-state index in [2.05, 4.69) is 4.98 Å². The zero-order valence-corrected chi connectivity index (χ0v) is 8.56. The molecule has 0 saturated carbocycles. The zero-order chi connectivity index (χ0) is 10.0. The van der Waals surface area contributed by atoms with Crippen molar-refractivity contribution >= 4 is 22.6 Å². The number of aromatic nitrogens is 1. The van der Waals surface area contributed by atoms with Crippen LogP contribution in [0.25, 0.3) is 0 Å². The van der Waals surface area contributed by atoms with Gasteiger partial charge in [-0.3, -0.25) is 4.98 Å². The van der Waals surface area contributed by atoms with E-state index < -0.39 is 17.9 Å². The van der Waals surface area contributed by atoms with Crippen LogP contribution >= 0.6 is 22.6 Å². The first-order valence-electron chi connectivity index (χ1n) is 3.39. The van der Waals surface area contributed by atoms with E-state index in [1.54, 1.807) is 22.6 Å². The molecular weight excluding hydrogens is 296 g/mol. The first-order valence-corrected chi connectivity index (χ1v) is 4.46. The molecule has 0 fully saturated rings. The van der Waals surface area contributed by atoms with Crippen molar-refractivity contribution in [1.82, 2.24) is 4.98 Å². The predicted octanol–water partition coefficient (Wildman–Crippen LogP) is 2.22. The average Bonchev–Trinajstić information content (AvgIpc) is 2.09. The molecule has 2 N–H and O–H groups in total. The molecule has 72 valence electrons. The molecule has 1 aromatic heterocycles. The van der Waals surface area contributed by atoms with E-state index in [1.807, 2.05) is 0 Å². The number of nitrogens with zero attached hydrogens (tertiary/aromatic N) is 1. The van der Waals surface area contributed by atoms with Crippen LogP contribution in [0.5, 0.6) is 0 Å². The molecule has 13 heavy (non-hydrogen) atoms. The summed E-state index contributed by atoms with van der Waals surface area (Å²) in [6.45, 7) is -0.136. The van der Waals surface area contributed by atoms with E-state index in [4.69, 9.17) is 5.73 Å². The summed E-state index contributed by atoms with van der Waals surface area (Å²) in [6.07, 6.45) is -1.93. The SMILES string of the molecule is NCc1c(C(F)F)ncc(F)c1I. The third-order valence-corrected chi connectivity index (χ3v) is 2.68. The van der Waals surface area contributed by atoms with Gasteiger partial charge < -0.3 is 5.73 Å². The maximum atomic E-state index is 12.8. The molecule has 0 atom stereocenters. The average molecular weight is 302 g/mol. The van der Waals surface area contributed by atoms with Crippen LogP contribution in [0.1, 0.15) is 17.7 Å². The second-order valence-electron chi connectivity index (χ2n) is 2.29. The molecule has 0 unspecified atom stereocenters. The Hall–Kier alpha value is -0.370. The highest BCUT2D eigenvalue weighted by molar-refractivity contribution is 14.1. The first-order chi connectivity index (χ1) is 6.07. The Morgan fingerprint density at radius 3 is 2.62 bits per heavy atom. The van der Waals surface area contributed by atoms with Crippen molar-refractivity contribution in [1.29, 1.82) is 0 Å². The first kappa shape index (κ1) is 10.7. The largest absolute Gasteiger partial charge is 0.326 e. The lowest BCUT2D eigenvalue weighted by Crippen LogP contribution is -2.08. The van der Waals surface area contributed by atoms with Gasteiger partial charge in [-0.25, -0.2) is 13.2 Å². The minimum atomic E-state index is -2.72. The Balaban J connectivity index is 3.30. The van der Waals surface area contributed by atoms with Gasteiger partial charge in [0, 0.05) is 12.1 Å². The van der Waals surface area contributed by atoms with Gasteiger partial charge in [0.2, 0.25) is 0 Å². The van der Waals surface area contributed by atoms with Crippen LogP contribution in [0.15, 0.2) is 6.20 Å². The third-order valence-electron chi connectivity index (χ3n) is 1.51. The molecular formula is C7H6F3IN2. The summed E-state index contributed by atoms with van der Waals surface area (Å²) in [5.41, 5.74) is 4.86. The van der Waals surface area contributed by atoms with Crippen LogP contribution in [0.2, 0.25) is 0 Å². The van der Waals surface area contributed by atoms with E-state index in [0.717, 1.165) is 6.20 Å². The van der Waals surface area contributed by atoms with Crippen LogP contribution in [0.3, 0.4) is 0 Å². The molecule has 0 radical (unpaired) electrons. The number of pyridine rings is 1. The monoisotopic (exact) mass is 302 g/mol. The normalized spacial score (nSPS) is 10.9. The van der Waals surface area contributed by atoms with E-state index in [9.17, 15) is 13.2 Å². The van der Waals surface area contributed by atoms with Crippen molar-refractivity contribution in [2.24, 2.45) is 5.73 Å². The fraction of sp³-hybridized carbons (Fsp3) is 0.286. The van der Waals surface area contributed by atoms with Crippen LogP contribution < -0.4 is 5.73 Å². The van der Waals surface area contributed by atoms with E-state index in [-0.39, 0.29) is 15.7 Å².